The minimum absolute atomic E-state index is 0.0108. The van der Waals surface area contributed by atoms with Crippen molar-refractivity contribution in [3.8, 4) is 40.6 Å². The first-order chi connectivity index (χ1) is 24.2. The first kappa shape index (κ1) is 38.6. The molecule has 0 N–H and O–H groups in total. The Morgan fingerprint density at radius 2 is 1.46 bits per heavy atom. The summed E-state index contributed by atoms with van der Waals surface area (Å²) in [5, 5.41) is 10.9. The molecule has 1 aliphatic heterocycles. The second-order valence-corrected chi connectivity index (χ2v) is 13.5. The highest BCUT2D eigenvalue weighted by molar-refractivity contribution is 5.71. The molecule has 4 rings (SSSR count). The van der Waals surface area contributed by atoms with Gasteiger partial charge in [0.2, 0.25) is 11.5 Å². The Kier molecular flexibility index (Phi) is 13.6. The van der Waals surface area contributed by atoms with Crippen LogP contribution >= 0.6 is 0 Å². The fraction of sp³-hybridized carbons (Fsp3) is 0.548. The van der Waals surface area contributed by atoms with E-state index in [0.717, 1.165) is 60.3 Å². The van der Waals surface area contributed by atoms with Crippen LogP contribution in [0.25, 0.3) is 0 Å². The van der Waals surface area contributed by atoms with Crippen LogP contribution < -0.4 is 33.3 Å². The average molecular weight is 687 g/mol. The summed E-state index contributed by atoms with van der Waals surface area (Å²) < 4.78 is 36.2. The monoisotopic (exact) mass is 686 g/mol. The number of fused-ring (bicyclic) bond motifs is 1. The first-order valence-electron chi connectivity index (χ1n) is 18.2. The van der Waals surface area contributed by atoms with Crippen LogP contribution in [0.15, 0.2) is 48.5 Å². The van der Waals surface area contributed by atoms with Crippen LogP contribution in [0.3, 0.4) is 0 Å². The molecule has 4 atom stereocenters. The molecule has 8 heteroatoms. The van der Waals surface area contributed by atoms with E-state index in [1.807, 2.05) is 32.0 Å². The highest BCUT2D eigenvalue weighted by Gasteiger charge is 2.44. The maximum Gasteiger partial charge on any atom is 0.207 e. The van der Waals surface area contributed by atoms with Crippen molar-refractivity contribution in [2.75, 3.05) is 46.6 Å². The van der Waals surface area contributed by atoms with Gasteiger partial charge >= 0.3 is 0 Å². The number of nitriles is 1. The lowest BCUT2D eigenvalue weighted by Gasteiger charge is -2.48. The van der Waals surface area contributed by atoms with E-state index >= 15 is 0 Å². The predicted molar refractivity (Wildman–Crippen MR) is 201 cm³/mol. The van der Waals surface area contributed by atoms with Gasteiger partial charge < -0.3 is 33.3 Å². The summed E-state index contributed by atoms with van der Waals surface area (Å²) >= 11 is 0. The molecule has 2 unspecified atom stereocenters. The minimum Gasteiger partial charge on any atom is -0.493 e. The molecule has 0 aliphatic carbocycles. The van der Waals surface area contributed by atoms with Gasteiger partial charge in [0.15, 0.2) is 23.0 Å². The number of rotatable bonds is 18. The van der Waals surface area contributed by atoms with Gasteiger partial charge in [-0.05, 0) is 87.6 Å². The van der Waals surface area contributed by atoms with Gasteiger partial charge in [-0.15, -0.1) is 0 Å². The number of ether oxygens (including phenoxy) is 6. The van der Waals surface area contributed by atoms with Crippen LogP contribution in [0.4, 0.5) is 5.69 Å². The zero-order chi connectivity index (χ0) is 36.4. The highest BCUT2D eigenvalue weighted by Crippen LogP contribution is 2.57. The third kappa shape index (κ3) is 7.43. The van der Waals surface area contributed by atoms with Crippen molar-refractivity contribution in [3.05, 3.63) is 65.2 Å². The molecule has 0 amide bonds. The predicted octanol–water partition coefficient (Wildman–Crippen LogP) is 9.71. The molecule has 1 heterocycles. The molecule has 3 aromatic carbocycles. The van der Waals surface area contributed by atoms with E-state index in [-0.39, 0.29) is 23.9 Å². The smallest absolute Gasteiger partial charge is 0.207 e. The second-order valence-electron chi connectivity index (χ2n) is 13.5. The molecule has 272 valence electrons. The van der Waals surface area contributed by atoms with Crippen molar-refractivity contribution in [2.45, 2.75) is 97.6 Å². The molecule has 0 radical (unpaired) electrons. The number of para-hydroxylation sites is 1. The van der Waals surface area contributed by atoms with E-state index in [0.29, 0.717) is 42.6 Å². The van der Waals surface area contributed by atoms with Crippen molar-refractivity contribution in [3.63, 3.8) is 0 Å². The first-order valence-corrected chi connectivity index (χ1v) is 18.2. The Balaban J connectivity index is 1.89. The van der Waals surface area contributed by atoms with E-state index < -0.39 is 5.41 Å². The number of benzene rings is 3. The van der Waals surface area contributed by atoms with E-state index in [9.17, 15) is 5.26 Å². The second kappa shape index (κ2) is 17.6. The molecule has 0 bridgehead atoms. The van der Waals surface area contributed by atoms with Gasteiger partial charge in [0.1, 0.15) is 0 Å². The molecule has 0 spiro atoms. The van der Waals surface area contributed by atoms with Crippen LogP contribution in [0, 0.1) is 23.2 Å². The van der Waals surface area contributed by atoms with Crippen molar-refractivity contribution < 1.29 is 28.4 Å². The lowest BCUT2D eigenvalue weighted by atomic mass is 9.69. The van der Waals surface area contributed by atoms with Crippen molar-refractivity contribution in [1.82, 2.24) is 0 Å². The van der Waals surface area contributed by atoms with Gasteiger partial charge in [-0.2, -0.15) is 5.26 Å². The zero-order valence-electron chi connectivity index (χ0n) is 31.9. The number of nitrogens with zero attached hydrogens (tertiary/aromatic N) is 2. The van der Waals surface area contributed by atoms with E-state index in [1.54, 1.807) is 28.4 Å². The molecule has 0 fully saturated rings. The Labute approximate surface area is 300 Å². The molecule has 8 nitrogen and oxygen atoms in total. The Bertz CT molecular complexity index is 1590. The summed E-state index contributed by atoms with van der Waals surface area (Å²) in [7, 11) is 6.60. The molecule has 3 aromatic rings. The number of anilines is 1. The van der Waals surface area contributed by atoms with Crippen molar-refractivity contribution in [2.24, 2.45) is 11.8 Å². The van der Waals surface area contributed by atoms with Crippen molar-refractivity contribution >= 4 is 5.69 Å². The van der Waals surface area contributed by atoms with Gasteiger partial charge in [0, 0.05) is 22.9 Å². The molecular formula is C42H58N2O6. The van der Waals surface area contributed by atoms with Crippen LogP contribution in [0.2, 0.25) is 0 Å². The third-order valence-electron chi connectivity index (χ3n) is 10.4. The number of methoxy groups -OCH3 is 4. The summed E-state index contributed by atoms with van der Waals surface area (Å²) in [4.78, 5) is 2.62. The quantitative estimate of drug-likeness (QED) is 0.131. The topological polar surface area (TPSA) is 82.4 Å². The molecular weight excluding hydrogens is 628 g/mol. The molecule has 0 saturated heterocycles. The van der Waals surface area contributed by atoms with Gasteiger partial charge in [-0.3, -0.25) is 0 Å². The Morgan fingerprint density at radius 1 is 0.820 bits per heavy atom. The van der Waals surface area contributed by atoms with Gasteiger partial charge in [0.05, 0.1) is 59.2 Å². The summed E-state index contributed by atoms with van der Waals surface area (Å²) in [6.07, 6.45) is 5.23. The molecule has 1 aliphatic rings. The Hall–Kier alpha value is -4.25. The number of hydrogen-bond acceptors (Lipinski definition) is 8. The largest absolute Gasteiger partial charge is 0.493 e. The fourth-order valence-electron chi connectivity index (χ4n) is 8.03. The average Bonchev–Trinajstić information content (AvgIpc) is 3.13. The standard InChI is InChI=1S/C42H58N2O6/c1-11-18-29(6)37-36-33(38(49-12-2)40(47-9)41(48-10)39(36)50-13-3)26-32(44(37)31-19-15-14-16-20-31)21-17-24-42(27-43,28(4)5)30-22-23-34(45-7)35(25-30)46-8/h14-16,19-20,22-23,25,28-29,32,37H,11-13,17-18,21,24,26H2,1-10H3/t29?,32-,37?,42+/m0/s1. The van der Waals surface area contributed by atoms with E-state index in [1.165, 1.54) is 5.69 Å². The zero-order valence-corrected chi connectivity index (χ0v) is 31.9. The molecule has 0 aromatic heterocycles. The summed E-state index contributed by atoms with van der Waals surface area (Å²) in [5.74, 6) is 4.26. The maximum absolute atomic E-state index is 10.9. The lowest BCUT2D eigenvalue weighted by molar-refractivity contribution is 0.255. The summed E-state index contributed by atoms with van der Waals surface area (Å²) in [5.41, 5.74) is 3.66. The summed E-state index contributed by atoms with van der Waals surface area (Å²) in [6, 6.07) is 19.5. The minimum atomic E-state index is -0.701. The normalized spacial score (nSPS) is 17.3. The highest BCUT2D eigenvalue weighted by atomic mass is 16.5. The van der Waals surface area contributed by atoms with Crippen molar-refractivity contribution in [1.29, 1.82) is 5.26 Å². The molecule has 50 heavy (non-hydrogen) atoms. The van der Waals surface area contributed by atoms with Crippen LogP contribution in [-0.4, -0.2) is 47.7 Å². The van der Waals surface area contributed by atoms with Crippen LogP contribution in [0.1, 0.15) is 96.4 Å². The van der Waals surface area contributed by atoms with E-state index in [2.05, 4.69) is 69.0 Å². The summed E-state index contributed by atoms with van der Waals surface area (Å²) in [6.45, 7) is 13.9. The van der Waals surface area contributed by atoms with Gasteiger partial charge in [-0.25, -0.2) is 0 Å². The lowest BCUT2D eigenvalue weighted by Crippen LogP contribution is -2.47. The van der Waals surface area contributed by atoms with Gasteiger partial charge in [0.25, 0.3) is 0 Å². The molecule has 0 saturated carbocycles. The Morgan fingerprint density at radius 3 is 2.02 bits per heavy atom. The maximum atomic E-state index is 10.9. The van der Waals surface area contributed by atoms with Crippen LogP contribution in [-0.2, 0) is 11.8 Å². The van der Waals surface area contributed by atoms with Gasteiger partial charge in [-0.1, -0.05) is 58.4 Å². The number of hydrogen-bond donors (Lipinski definition) is 0. The fourth-order valence-corrected chi connectivity index (χ4v) is 8.03. The van der Waals surface area contributed by atoms with Crippen LogP contribution in [0.5, 0.6) is 34.5 Å². The SMILES string of the molecule is CCCC(C)C1c2c(c(OCC)c(OC)c(OC)c2OCC)C[C@H](CCC[C@](C#N)(c2ccc(OC)c(OC)c2)C(C)C)N1c1ccccc1. The third-order valence-corrected chi connectivity index (χ3v) is 10.4. The van der Waals surface area contributed by atoms with E-state index in [4.69, 9.17) is 28.4 Å².